The number of thiophene rings is 1. The van der Waals surface area contributed by atoms with Crippen molar-refractivity contribution in [2.45, 2.75) is 25.9 Å². The van der Waals surface area contributed by atoms with Crippen LogP contribution in [0.15, 0.2) is 59.8 Å². The number of nitrogens with one attached hydrogen (secondary N) is 4. The summed E-state index contributed by atoms with van der Waals surface area (Å²) in [7, 11) is 0. The van der Waals surface area contributed by atoms with Crippen LogP contribution in [0.5, 0.6) is 0 Å². The first-order valence-corrected chi connectivity index (χ1v) is 13.9. The number of H-pyrrole nitrogens is 1. The van der Waals surface area contributed by atoms with E-state index in [1.165, 1.54) is 6.92 Å². The van der Waals surface area contributed by atoms with E-state index in [1.807, 2.05) is 6.07 Å². The molecule has 0 radical (unpaired) electrons. The summed E-state index contributed by atoms with van der Waals surface area (Å²) in [6.07, 6.45) is 0. The Hall–Kier alpha value is -4.49. The lowest BCUT2D eigenvalue weighted by atomic mass is 10.1. The van der Waals surface area contributed by atoms with Gasteiger partial charge in [-0.1, -0.05) is 30.0 Å². The topological polar surface area (TPSA) is 155 Å². The van der Waals surface area contributed by atoms with Gasteiger partial charge in [-0.05, 0) is 55.8 Å². The van der Waals surface area contributed by atoms with Gasteiger partial charge >= 0.3 is 5.97 Å². The lowest BCUT2D eigenvalue weighted by Gasteiger charge is -2.08. The maximum absolute atomic E-state index is 13.2. The largest absolute Gasteiger partial charge is 0.462 e. The standard InChI is InChI=1S/C27H26N6O5S2/c1-4-38-26(37)22-15(2)21(24(36)29-18-8-6-5-7-9-18)25(40-22)30-20(35)14-39-27-31-23(32-33-27)17-10-12-19(13-11-17)28-16(3)34/h5-13H,4,14H2,1-3H3,(H,28,34)(H,29,36)(H,30,35)(H,31,32,33). The minimum atomic E-state index is -0.563. The second kappa shape index (κ2) is 13.0. The molecule has 0 aliphatic heterocycles. The number of benzene rings is 2. The monoisotopic (exact) mass is 578 g/mol. The molecule has 2 heterocycles. The molecule has 0 saturated heterocycles. The molecule has 4 rings (SSSR count). The Morgan fingerprint density at radius 2 is 1.68 bits per heavy atom. The number of esters is 1. The number of nitrogens with zero attached hydrogens (tertiary/aromatic N) is 2. The predicted molar refractivity (Wildman–Crippen MR) is 155 cm³/mol. The fourth-order valence-electron chi connectivity index (χ4n) is 3.63. The number of aromatic amines is 1. The molecule has 0 atom stereocenters. The molecule has 2 aromatic carbocycles. The highest BCUT2D eigenvalue weighted by Gasteiger charge is 2.26. The van der Waals surface area contributed by atoms with Gasteiger partial charge in [0.05, 0.1) is 17.9 Å². The van der Waals surface area contributed by atoms with E-state index in [9.17, 15) is 19.2 Å². The molecule has 0 aliphatic carbocycles. The lowest BCUT2D eigenvalue weighted by molar-refractivity contribution is -0.114. The number of para-hydroxylation sites is 1. The Kier molecular flexibility index (Phi) is 9.30. The maximum Gasteiger partial charge on any atom is 0.348 e. The third kappa shape index (κ3) is 7.12. The van der Waals surface area contributed by atoms with E-state index in [0.717, 1.165) is 28.7 Å². The molecule has 13 heteroatoms. The number of thioether (sulfide) groups is 1. The van der Waals surface area contributed by atoms with Crippen molar-refractivity contribution in [2.24, 2.45) is 0 Å². The Morgan fingerprint density at radius 3 is 2.35 bits per heavy atom. The third-order valence-electron chi connectivity index (χ3n) is 5.40. The predicted octanol–water partition coefficient (Wildman–Crippen LogP) is 4.96. The first kappa shape index (κ1) is 28.5. The van der Waals surface area contributed by atoms with E-state index in [1.54, 1.807) is 62.4 Å². The number of hydrogen-bond donors (Lipinski definition) is 4. The molecule has 40 heavy (non-hydrogen) atoms. The van der Waals surface area contributed by atoms with Crippen LogP contribution in [0.3, 0.4) is 0 Å². The summed E-state index contributed by atoms with van der Waals surface area (Å²) >= 11 is 2.10. The quantitative estimate of drug-likeness (QED) is 0.152. The van der Waals surface area contributed by atoms with Crippen molar-refractivity contribution in [3.8, 4) is 11.4 Å². The summed E-state index contributed by atoms with van der Waals surface area (Å²) in [6, 6.07) is 16.0. The Labute approximate surface area is 238 Å². The lowest BCUT2D eigenvalue weighted by Crippen LogP contribution is -2.18. The molecule has 0 fully saturated rings. The van der Waals surface area contributed by atoms with Gasteiger partial charge in [-0.3, -0.25) is 19.5 Å². The van der Waals surface area contributed by atoms with Crippen LogP contribution in [0.4, 0.5) is 16.4 Å². The van der Waals surface area contributed by atoms with E-state index < -0.39 is 17.8 Å². The van der Waals surface area contributed by atoms with Crippen LogP contribution in [0.25, 0.3) is 11.4 Å². The van der Waals surface area contributed by atoms with Crippen LogP contribution in [0.1, 0.15) is 39.4 Å². The number of amides is 3. The molecule has 11 nitrogen and oxygen atoms in total. The molecule has 4 aromatic rings. The van der Waals surface area contributed by atoms with Crippen molar-refractivity contribution in [1.29, 1.82) is 0 Å². The van der Waals surface area contributed by atoms with Gasteiger partial charge in [-0.15, -0.1) is 16.4 Å². The minimum absolute atomic E-state index is 0.0375. The van der Waals surface area contributed by atoms with Crippen LogP contribution in [0.2, 0.25) is 0 Å². The Morgan fingerprint density at radius 1 is 0.975 bits per heavy atom. The number of rotatable bonds is 10. The zero-order chi connectivity index (χ0) is 28.6. The van der Waals surface area contributed by atoms with Crippen molar-refractivity contribution in [3.05, 3.63) is 70.6 Å². The summed E-state index contributed by atoms with van der Waals surface area (Å²) in [5, 5.41) is 15.8. The summed E-state index contributed by atoms with van der Waals surface area (Å²) in [6.45, 7) is 4.95. The van der Waals surface area contributed by atoms with Gasteiger partial charge in [-0.25, -0.2) is 9.78 Å². The number of aromatic nitrogens is 3. The van der Waals surface area contributed by atoms with Crippen LogP contribution in [-0.2, 0) is 14.3 Å². The SMILES string of the molecule is CCOC(=O)c1sc(NC(=O)CSc2n[nH]c(-c3ccc(NC(C)=O)cc3)n2)c(C(=O)Nc2ccccc2)c1C. The van der Waals surface area contributed by atoms with E-state index >= 15 is 0 Å². The molecule has 0 saturated carbocycles. The van der Waals surface area contributed by atoms with Gasteiger partial charge in [0.25, 0.3) is 5.91 Å². The van der Waals surface area contributed by atoms with E-state index in [0.29, 0.717) is 27.9 Å². The fourth-order valence-corrected chi connectivity index (χ4v) is 5.34. The number of anilines is 3. The molecule has 4 N–H and O–H groups in total. The average Bonchev–Trinajstić information content (AvgIpc) is 3.53. The molecule has 206 valence electrons. The highest BCUT2D eigenvalue weighted by molar-refractivity contribution is 7.99. The van der Waals surface area contributed by atoms with Crippen LogP contribution in [-0.4, -0.2) is 51.2 Å². The van der Waals surface area contributed by atoms with Gasteiger partial charge in [0.15, 0.2) is 5.82 Å². The maximum atomic E-state index is 13.2. The number of ether oxygens (including phenoxy) is 1. The van der Waals surface area contributed by atoms with Gasteiger partial charge in [-0.2, -0.15) is 0 Å². The molecule has 0 bridgehead atoms. The highest BCUT2D eigenvalue weighted by atomic mass is 32.2. The van der Waals surface area contributed by atoms with Gasteiger partial charge in [0, 0.05) is 23.9 Å². The molecule has 0 spiro atoms. The molecule has 2 aromatic heterocycles. The summed E-state index contributed by atoms with van der Waals surface area (Å²) < 4.78 is 5.13. The number of carbonyl (C=O) groups excluding carboxylic acids is 4. The number of carbonyl (C=O) groups is 4. The highest BCUT2D eigenvalue weighted by Crippen LogP contribution is 2.34. The summed E-state index contributed by atoms with van der Waals surface area (Å²) in [5.74, 6) is -1.12. The van der Waals surface area contributed by atoms with Crippen molar-refractivity contribution in [1.82, 2.24) is 15.2 Å². The van der Waals surface area contributed by atoms with Crippen molar-refractivity contribution in [2.75, 3.05) is 28.3 Å². The molecular formula is C27H26N6O5S2. The van der Waals surface area contributed by atoms with Crippen LogP contribution >= 0.6 is 23.1 Å². The zero-order valence-corrected chi connectivity index (χ0v) is 23.5. The van der Waals surface area contributed by atoms with E-state index in [4.69, 9.17) is 4.74 Å². The van der Waals surface area contributed by atoms with Gasteiger partial charge in [0.1, 0.15) is 9.88 Å². The average molecular weight is 579 g/mol. The molecule has 0 aliphatic rings. The Bertz CT molecular complexity index is 1530. The van der Waals surface area contributed by atoms with Crippen molar-refractivity contribution >= 4 is 63.2 Å². The van der Waals surface area contributed by atoms with Crippen molar-refractivity contribution in [3.63, 3.8) is 0 Å². The molecular weight excluding hydrogens is 552 g/mol. The van der Waals surface area contributed by atoms with Crippen LogP contribution < -0.4 is 16.0 Å². The number of hydrogen-bond acceptors (Lipinski definition) is 9. The van der Waals surface area contributed by atoms with E-state index in [2.05, 4.69) is 31.1 Å². The Balaban J connectivity index is 1.45. The zero-order valence-electron chi connectivity index (χ0n) is 21.9. The second-order valence-electron chi connectivity index (χ2n) is 8.36. The molecule has 0 unspecified atom stereocenters. The minimum Gasteiger partial charge on any atom is -0.462 e. The van der Waals surface area contributed by atoms with Gasteiger partial charge in [0.2, 0.25) is 17.0 Å². The fraction of sp³-hybridized carbons (Fsp3) is 0.185. The smallest absolute Gasteiger partial charge is 0.348 e. The van der Waals surface area contributed by atoms with E-state index in [-0.39, 0.29) is 33.7 Å². The first-order chi connectivity index (χ1) is 19.2. The first-order valence-electron chi connectivity index (χ1n) is 12.1. The van der Waals surface area contributed by atoms with Crippen LogP contribution in [0, 0.1) is 6.92 Å². The van der Waals surface area contributed by atoms with Gasteiger partial charge < -0.3 is 20.7 Å². The summed E-state index contributed by atoms with van der Waals surface area (Å²) in [5.41, 5.74) is 2.61. The summed E-state index contributed by atoms with van der Waals surface area (Å²) in [4.78, 5) is 54.4. The normalized spacial score (nSPS) is 10.6. The third-order valence-corrected chi connectivity index (χ3v) is 7.43. The second-order valence-corrected chi connectivity index (χ2v) is 10.3. The van der Waals surface area contributed by atoms with Crippen molar-refractivity contribution < 1.29 is 23.9 Å². The molecule has 3 amide bonds.